The Hall–Kier alpha value is -0.410. The summed E-state index contributed by atoms with van der Waals surface area (Å²) in [4.78, 5) is 0. The van der Waals surface area contributed by atoms with Crippen molar-refractivity contribution in [3.05, 3.63) is 30.1 Å². The highest BCUT2D eigenvalue weighted by molar-refractivity contribution is 5.05. The third-order valence-corrected chi connectivity index (χ3v) is 5.06. The number of aromatic nitrogens is 1. The number of unbranched alkanes of at least 4 members (excludes halogenated alkanes) is 12. The van der Waals surface area contributed by atoms with Gasteiger partial charge in [-0.2, -0.15) is 0 Å². The molecule has 0 radical (unpaired) electrons. The highest BCUT2D eigenvalue weighted by Gasteiger charge is 2.03. The zero-order valence-corrected chi connectivity index (χ0v) is 18.7. The molecule has 0 saturated heterocycles. The lowest BCUT2D eigenvalue weighted by atomic mass is 10.1. The lowest BCUT2D eigenvalue weighted by Crippen LogP contribution is -3.00. The average molecular weight is 428 g/mol. The molecule has 3 heteroatoms. The summed E-state index contributed by atoms with van der Waals surface area (Å²) >= 11 is 0. The molecule has 2 nitrogen and oxygen atoms in total. The van der Waals surface area contributed by atoms with Crippen molar-refractivity contribution in [3.8, 4) is 0 Å². The van der Waals surface area contributed by atoms with Crippen molar-refractivity contribution in [1.29, 1.82) is 0 Å². The molecule has 1 aromatic rings. The second kappa shape index (κ2) is 19.4. The Balaban J connectivity index is 0.00000625. The summed E-state index contributed by atoms with van der Waals surface area (Å²) in [7, 11) is 0. The summed E-state index contributed by atoms with van der Waals surface area (Å²) in [5, 5.41) is 8.76. The number of rotatable bonds is 17. The standard InChI is InChI=1S/C23H42NO.BrH/c1-2-3-4-5-10-13-17-23-18-16-20-24(22-23)19-14-11-8-6-7-9-12-15-21-25;/h16,18,20,22,25H,2-15,17,19,21H2,1H3;1H/q+1;/p-1. The van der Waals surface area contributed by atoms with E-state index in [4.69, 9.17) is 5.11 Å². The van der Waals surface area contributed by atoms with Gasteiger partial charge in [-0.3, -0.25) is 0 Å². The van der Waals surface area contributed by atoms with Crippen LogP contribution in [0.2, 0.25) is 0 Å². The molecule has 0 aromatic carbocycles. The number of aliphatic hydroxyl groups excluding tert-OH is 1. The van der Waals surface area contributed by atoms with Gasteiger partial charge in [-0.25, -0.2) is 4.57 Å². The van der Waals surface area contributed by atoms with Crippen molar-refractivity contribution in [2.24, 2.45) is 0 Å². The van der Waals surface area contributed by atoms with Gasteiger partial charge in [-0.1, -0.05) is 71.1 Å². The Morgan fingerprint density at radius 1 is 0.769 bits per heavy atom. The molecule has 1 aromatic heterocycles. The van der Waals surface area contributed by atoms with Gasteiger partial charge in [-0.05, 0) is 31.7 Å². The van der Waals surface area contributed by atoms with E-state index >= 15 is 0 Å². The Morgan fingerprint density at radius 3 is 2.00 bits per heavy atom. The van der Waals surface area contributed by atoms with Crippen LogP contribution in [0.5, 0.6) is 0 Å². The summed E-state index contributed by atoms with van der Waals surface area (Å²) in [5.41, 5.74) is 1.50. The molecule has 0 amide bonds. The monoisotopic (exact) mass is 427 g/mol. The van der Waals surface area contributed by atoms with E-state index in [1.807, 2.05) is 0 Å². The minimum absolute atomic E-state index is 0. The normalized spacial score (nSPS) is 10.7. The first-order valence-electron chi connectivity index (χ1n) is 11.0. The summed E-state index contributed by atoms with van der Waals surface area (Å²) in [6, 6.07) is 4.50. The largest absolute Gasteiger partial charge is 1.00 e. The van der Waals surface area contributed by atoms with Crippen LogP contribution in [0.3, 0.4) is 0 Å². The summed E-state index contributed by atoms with van der Waals surface area (Å²) in [6.45, 7) is 3.80. The van der Waals surface area contributed by atoms with E-state index < -0.39 is 0 Å². The third-order valence-electron chi connectivity index (χ3n) is 5.06. The molecule has 26 heavy (non-hydrogen) atoms. The molecule has 0 atom stereocenters. The van der Waals surface area contributed by atoms with E-state index in [0.29, 0.717) is 6.61 Å². The fraction of sp³-hybridized carbons (Fsp3) is 0.783. The lowest BCUT2D eigenvalue weighted by Gasteiger charge is -2.03. The molecule has 0 unspecified atom stereocenters. The summed E-state index contributed by atoms with van der Waals surface area (Å²) < 4.78 is 2.38. The maximum absolute atomic E-state index is 8.76. The number of aryl methyl sites for hydroxylation is 2. The number of hydrogen-bond acceptors (Lipinski definition) is 1. The molecule has 152 valence electrons. The smallest absolute Gasteiger partial charge is 0.171 e. The summed E-state index contributed by atoms with van der Waals surface area (Å²) in [5.74, 6) is 0. The van der Waals surface area contributed by atoms with Crippen LogP contribution in [-0.2, 0) is 13.0 Å². The number of halogens is 1. The molecule has 0 bridgehead atoms. The van der Waals surface area contributed by atoms with Crippen molar-refractivity contribution in [2.45, 2.75) is 110 Å². The average Bonchev–Trinajstić information content (AvgIpc) is 2.63. The van der Waals surface area contributed by atoms with E-state index in [-0.39, 0.29) is 17.0 Å². The van der Waals surface area contributed by atoms with Gasteiger partial charge < -0.3 is 22.1 Å². The van der Waals surface area contributed by atoms with Gasteiger partial charge >= 0.3 is 0 Å². The third kappa shape index (κ3) is 14.7. The highest BCUT2D eigenvalue weighted by Crippen LogP contribution is 2.10. The molecular weight excluding hydrogens is 386 g/mol. The highest BCUT2D eigenvalue weighted by atomic mass is 79.9. The van der Waals surface area contributed by atoms with Crippen LogP contribution in [0.1, 0.15) is 102 Å². The van der Waals surface area contributed by atoms with Crippen molar-refractivity contribution in [2.75, 3.05) is 6.61 Å². The first kappa shape index (κ1) is 25.6. The van der Waals surface area contributed by atoms with Gasteiger partial charge in [0.25, 0.3) is 0 Å². The van der Waals surface area contributed by atoms with Crippen molar-refractivity contribution in [1.82, 2.24) is 0 Å². The van der Waals surface area contributed by atoms with Gasteiger partial charge in [0.05, 0.1) is 0 Å². The van der Waals surface area contributed by atoms with Crippen LogP contribution in [0, 0.1) is 0 Å². The molecule has 0 spiro atoms. The van der Waals surface area contributed by atoms with Crippen LogP contribution in [0.15, 0.2) is 24.5 Å². The molecule has 0 aliphatic heterocycles. The van der Waals surface area contributed by atoms with Crippen LogP contribution in [0.25, 0.3) is 0 Å². The van der Waals surface area contributed by atoms with Gasteiger partial charge in [0, 0.05) is 24.7 Å². The number of hydrogen-bond donors (Lipinski definition) is 1. The van der Waals surface area contributed by atoms with Crippen LogP contribution >= 0.6 is 0 Å². The number of pyridine rings is 1. The Morgan fingerprint density at radius 2 is 1.35 bits per heavy atom. The van der Waals surface area contributed by atoms with Gasteiger partial charge in [0.15, 0.2) is 12.4 Å². The molecule has 1 rings (SSSR count). The quantitative estimate of drug-likeness (QED) is 0.299. The van der Waals surface area contributed by atoms with E-state index in [0.717, 1.165) is 13.0 Å². The van der Waals surface area contributed by atoms with Gasteiger partial charge in [0.1, 0.15) is 6.54 Å². The molecule has 0 aliphatic carbocycles. The maximum Gasteiger partial charge on any atom is 0.171 e. The molecule has 1 heterocycles. The molecule has 1 N–H and O–H groups in total. The zero-order valence-electron chi connectivity index (χ0n) is 17.1. The van der Waals surface area contributed by atoms with E-state index in [1.54, 1.807) is 0 Å². The molecular formula is C23H42BrNO. The Labute approximate surface area is 173 Å². The van der Waals surface area contributed by atoms with E-state index in [1.165, 1.54) is 95.5 Å². The van der Waals surface area contributed by atoms with Crippen LogP contribution < -0.4 is 21.5 Å². The van der Waals surface area contributed by atoms with Crippen molar-refractivity contribution < 1.29 is 26.7 Å². The molecule has 0 aliphatic rings. The number of nitrogens with zero attached hydrogens (tertiary/aromatic N) is 1. The lowest BCUT2D eigenvalue weighted by molar-refractivity contribution is -0.697. The van der Waals surface area contributed by atoms with Crippen LogP contribution in [-0.4, -0.2) is 11.7 Å². The maximum atomic E-state index is 8.76. The van der Waals surface area contributed by atoms with Crippen molar-refractivity contribution >= 4 is 0 Å². The second-order valence-electron chi connectivity index (χ2n) is 7.52. The first-order chi connectivity index (χ1) is 12.4. The fourth-order valence-corrected chi connectivity index (χ4v) is 3.44. The SMILES string of the molecule is CCCCCCCCc1ccc[n+](CCCCCCCCCCO)c1.[Br-]. The van der Waals surface area contributed by atoms with Gasteiger partial charge in [0.2, 0.25) is 0 Å². The van der Waals surface area contributed by atoms with Crippen molar-refractivity contribution in [3.63, 3.8) is 0 Å². The zero-order chi connectivity index (χ0) is 18.0. The minimum atomic E-state index is 0. The van der Waals surface area contributed by atoms with Gasteiger partial charge in [-0.15, -0.1) is 0 Å². The first-order valence-corrected chi connectivity index (χ1v) is 11.0. The predicted octanol–water partition coefficient (Wildman–Crippen LogP) is 2.99. The van der Waals surface area contributed by atoms with Crippen LogP contribution in [0.4, 0.5) is 0 Å². The molecule has 0 fully saturated rings. The fourth-order valence-electron chi connectivity index (χ4n) is 3.44. The second-order valence-corrected chi connectivity index (χ2v) is 7.52. The predicted molar refractivity (Wildman–Crippen MR) is 108 cm³/mol. The number of aliphatic hydroxyl groups is 1. The molecule has 0 saturated carbocycles. The Bertz CT molecular complexity index is 411. The van der Waals surface area contributed by atoms with E-state index in [2.05, 4.69) is 36.0 Å². The summed E-state index contributed by atoms with van der Waals surface area (Å²) in [6.07, 6.45) is 24.2. The minimum Gasteiger partial charge on any atom is -1.00 e. The topological polar surface area (TPSA) is 24.1 Å². The Kier molecular flexibility index (Phi) is 19.0. The van der Waals surface area contributed by atoms with E-state index in [9.17, 15) is 0 Å².